The molecular formula is C20H23N6O+. The highest BCUT2D eigenvalue weighted by Gasteiger charge is 2.23. The molecule has 2 N–H and O–H groups in total. The first-order valence-electron chi connectivity index (χ1n) is 9.13. The lowest BCUT2D eigenvalue weighted by Gasteiger charge is -2.30. The lowest BCUT2D eigenvalue weighted by atomic mass is 10.1. The number of quaternary nitrogens is 1. The molecule has 0 radical (unpaired) electrons. The highest BCUT2D eigenvalue weighted by molar-refractivity contribution is 5.99. The second-order valence-corrected chi connectivity index (χ2v) is 6.80. The normalized spacial score (nSPS) is 15.6. The van der Waals surface area contributed by atoms with E-state index in [2.05, 4.69) is 22.6 Å². The van der Waals surface area contributed by atoms with Crippen molar-refractivity contribution in [2.24, 2.45) is 0 Å². The van der Waals surface area contributed by atoms with Crippen molar-refractivity contribution >= 4 is 5.91 Å². The number of piperazine rings is 1. The van der Waals surface area contributed by atoms with Crippen molar-refractivity contribution < 1.29 is 9.69 Å². The van der Waals surface area contributed by atoms with Crippen LogP contribution in [0.25, 0.3) is 16.9 Å². The minimum atomic E-state index is -0.143. The molecule has 7 heteroatoms. The largest absolute Gasteiger partial charge is 0.335 e. The number of hydrogen-bond acceptors (Lipinski definition) is 4. The van der Waals surface area contributed by atoms with Crippen LogP contribution in [0, 0.1) is 0 Å². The molecule has 0 spiro atoms. The number of benzene rings is 1. The zero-order valence-electron chi connectivity index (χ0n) is 15.3. The van der Waals surface area contributed by atoms with Gasteiger partial charge in [0.2, 0.25) is 0 Å². The third-order valence-corrected chi connectivity index (χ3v) is 4.79. The zero-order chi connectivity index (χ0) is 18.6. The van der Waals surface area contributed by atoms with E-state index in [-0.39, 0.29) is 5.91 Å². The quantitative estimate of drug-likeness (QED) is 0.705. The summed E-state index contributed by atoms with van der Waals surface area (Å²) in [5, 5.41) is 6.66. The Hall–Kier alpha value is -3.03. The highest BCUT2D eigenvalue weighted by atomic mass is 16.2. The number of hydrazine groups is 1. The van der Waals surface area contributed by atoms with Crippen molar-refractivity contribution in [1.82, 2.24) is 25.2 Å². The van der Waals surface area contributed by atoms with Gasteiger partial charge in [-0.05, 0) is 24.3 Å². The molecule has 27 heavy (non-hydrogen) atoms. The fourth-order valence-corrected chi connectivity index (χ4v) is 3.17. The fourth-order valence-electron chi connectivity index (χ4n) is 3.17. The van der Waals surface area contributed by atoms with Crippen LogP contribution in [0.15, 0.2) is 61.1 Å². The number of amides is 1. The van der Waals surface area contributed by atoms with Crippen LogP contribution in [-0.2, 0) is 0 Å². The van der Waals surface area contributed by atoms with E-state index in [9.17, 15) is 4.79 Å². The number of para-hydroxylation sites is 1. The second-order valence-electron chi connectivity index (χ2n) is 6.80. The maximum absolute atomic E-state index is 13.0. The van der Waals surface area contributed by atoms with Gasteiger partial charge in [0, 0.05) is 24.2 Å². The number of likely N-dealkylation sites (N-methyl/N-ethyl adjacent to an activating group) is 1. The number of carbonyl (C=O) groups excluding carboxylic acids is 1. The van der Waals surface area contributed by atoms with E-state index in [0.717, 1.165) is 37.4 Å². The monoisotopic (exact) mass is 363 g/mol. The first kappa shape index (κ1) is 17.4. The van der Waals surface area contributed by atoms with Crippen LogP contribution in [0.4, 0.5) is 0 Å². The van der Waals surface area contributed by atoms with Gasteiger partial charge >= 0.3 is 0 Å². The molecule has 3 heterocycles. The molecule has 3 aromatic rings. The standard InChI is InChI=1S/C20H22N6O/c1-24-10-12-25(13-11-24)23-20(27)18-15-26(17-7-3-2-4-8-17)22-19(18)16-6-5-9-21-14-16/h2-9,14-15H,10-13H2,1H3,(H,23,27)/p+1. The molecule has 0 saturated carbocycles. The Bertz CT molecular complexity index is 901. The van der Waals surface area contributed by atoms with Gasteiger partial charge in [-0.1, -0.05) is 18.2 Å². The summed E-state index contributed by atoms with van der Waals surface area (Å²) in [5.74, 6) is -0.143. The van der Waals surface area contributed by atoms with Crippen molar-refractivity contribution in [2.45, 2.75) is 0 Å². The van der Waals surface area contributed by atoms with Crippen molar-refractivity contribution in [2.75, 3.05) is 33.2 Å². The lowest BCUT2D eigenvalue weighted by Crippen LogP contribution is -3.12. The number of rotatable bonds is 4. The minimum Gasteiger partial charge on any atom is -0.335 e. The molecule has 0 aliphatic carbocycles. The summed E-state index contributed by atoms with van der Waals surface area (Å²) in [6.07, 6.45) is 5.23. The summed E-state index contributed by atoms with van der Waals surface area (Å²) in [6, 6.07) is 13.6. The molecule has 0 atom stereocenters. The lowest BCUT2D eigenvalue weighted by molar-refractivity contribution is -0.884. The third-order valence-electron chi connectivity index (χ3n) is 4.79. The average molecular weight is 363 g/mol. The van der Waals surface area contributed by atoms with Gasteiger partial charge in [-0.2, -0.15) is 5.10 Å². The predicted molar refractivity (Wildman–Crippen MR) is 102 cm³/mol. The van der Waals surface area contributed by atoms with E-state index < -0.39 is 0 Å². The Morgan fingerprint density at radius 3 is 2.59 bits per heavy atom. The van der Waals surface area contributed by atoms with Crippen LogP contribution < -0.4 is 10.3 Å². The van der Waals surface area contributed by atoms with Crippen LogP contribution in [0.1, 0.15) is 10.4 Å². The van der Waals surface area contributed by atoms with Crippen molar-refractivity contribution in [3.63, 3.8) is 0 Å². The summed E-state index contributed by atoms with van der Waals surface area (Å²) in [6.45, 7) is 3.71. The van der Waals surface area contributed by atoms with Gasteiger partial charge in [0.25, 0.3) is 5.91 Å². The number of hydrogen-bond donors (Lipinski definition) is 2. The Balaban J connectivity index is 1.65. The summed E-state index contributed by atoms with van der Waals surface area (Å²) < 4.78 is 1.74. The molecule has 1 amide bonds. The number of nitrogens with one attached hydrogen (secondary N) is 2. The molecular weight excluding hydrogens is 340 g/mol. The molecule has 1 saturated heterocycles. The Morgan fingerprint density at radius 2 is 1.89 bits per heavy atom. The number of nitrogens with zero attached hydrogens (tertiary/aromatic N) is 4. The van der Waals surface area contributed by atoms with E-state index in [1.807, 2.05) is 47.5 Å². The van der Waals surface area contributed by atoms with Gasteiger partial charge < -0.3 is 4.90 Å². The average Bonchev–Trinajstić information content (AvgIpc) is 3.17. The number of pyridine rings is 1. The summed E-state index contributed by atoms with van der Waals surface area (Å²) >= 11 is 0. The molecule has 4 rings (SSSR count). The van der Waals surface area contributed by atoms with E-state index in [1.54, 1.807) is 23.3 Å². The van der Waals surface area contributed by atoms with Crippen molar-refractivity contribution in [1.29, 1.82) is 0 Å². The summed E-state index contributed by atoms with van der Waals surface area (Å²) in [7, 11) is 2.17. The molecule has 1 aliphatic rings. The Morgan fingerprint density at radius 1 is 1.11 bits per heavy atom. The summed E-state index contributed by atoms with van der Waals surface area (Å²) in [5.41, 5.74) is 5.93. The van der Waals surface area contributed by atoms with Gasteiger partial charge in [-0.25, -0.2) is 9.69 Å². The van der Waals surface area contributed by atoms with E-state index in [0.29, 0.717) is 11.3 Å². The predicted octanol–water partition coefficient (Wildman–Crippen LogP) is 0.409. The fraction of sp³-hybridized carbons (Fsp3) is 0.250. The SMILES string of the molecule is C[NH+]1CCN(NC(=O)c2cn(-c3ccccc3)nc2-c2cccnc2)CC1. The van der Waals surface area contributed by atoms with Crippen molar-refractivity contribution in [3.8, 4) is 16.9 Å². The molecule has 1 fully saturated rings. The van der Waals surface area contributed by atoms with Gasteiger partial charge in [-0.3, -0.25) is 15.2 Å². The van der Waals surface area contributed by atoms with E-state index in [4.69, 9.17) is 0 Å². The Labute approximate surface area is 158 Å². The molecule has 7 nitrogen and oxygen atoms in total. The number of carbonyl (C=O) groups is 1. The molecule has 1 aliphatic heterocycles. The van der Waals surface area contributed by atoms with Gasteiger partial charge in [-0.15, -0.1) is 0 Å². The smallest absolute Gasteiger partial charge is 0.269 e. The van der Waals surface area contributed by atoms with Gasteiger partial charge in [0.1, 0.15) is 5.69 Å². The molecule has 0 unspecified atom stereocenters. The molecule has 2 aromatic heterocycles. The zero-order valence-corrected chi connectivity index (χ0v) is 15.3. The van der Waals surface area contributed by atoms with E-state index in [1.165, 1.54) is 4.90 Å². The van der Waals surface area contributed by atoms with Gasteiger partial charge in [0.05, 0.1) is 44.5 Å². The minimum absolute atomic E-state index is 0.143. The molecule has 138 valence electrons. The van der Waals surface area contributed by atoms with Crippen LogP contribution in [0.5, 0.6) is 0 Å². The third kappa shape index (κ3) is 3.89. The molecule has 1 aromatic carbocycles. The summed E-state index contributed by atoms with van der Waals surface area (Å²) in [4.78, 5) is 18.7. The Kier molecular flexibility index (Phi) is 4.95. The van der Waals surface area contributed by atoms with Crippen LogP contribution >= 0.6 is 0 Å². The van der Waals surface area contributed by atoms with E-state index >= 15 is 0 Å². The molecule has 0 bridgehead atoms. The van der Waals surface area contributed by atoms with Crippen LogP contribution in [0.3, 0.4) is 0 Å². The first-order valence-corrected chi connectivity index (χ1v) is 9.13. The topological polar surface area (TPSA) is 67.5 Å². The number of aromatic nitrogens is 3. The second kappa shape index (κ2) is 7.69. The maximum Gasteiger partial charge on any atom is 0.269 e. The van der Waals surface area contributed by atoms with Crippen molar-refractivity contribution in [3.05, 3.63) is 66.6 Å². The van der Waals surface area contributed by atoms with Crippen LogP contribution in [0.2, 0.25) is 0 Å². The highest BCUT2D eigenvalue weighted by Crippen LogP contribution is 2.23. The van der Waals surface area contributed by atoms with Crippen LogP contribution in [-0.4, -0.2) is 58.9 Å². The first-order chi connectivity index (χ1) is 13.2. The maximum atomic E-state index is 13.0. The van der Waals surface area contributed by atoms with Gasteiger partial charge in [0.15, 0.2) is 0 Å².